The number of hydrogen-bond donors (Lipinski definition) is 0. The zero-order chi connectivity index (χ0) is 15.4. The number of ether oxygens (including phenoxy) is 2. The van der Waals surface area contributed by atoms with E-state index in [1.54, 1.807) is 6.20 Å². The second kappa shape index (κ2) is 7.47. The van der Waals surface area contributed by atoms with Gasteiger partial charge in [0.1, 0.15) is 5.75 Å². The summed E-state index contributed by atoms with van der Waals surface area (Å²) in [4.78, 5) is 4.18. The van der Waals surface area contributed by atoms with Crippen LogP contribution in [-0.2, 0) is 0 Å². The van der Waals surface area contributed by atoms with Crippen molar-refractivity contribution in [3.8, 4) is 11.6 Å². The van der Waals surface area contributed by atoms with Crippen LogP contribution in [-0.4, -0.2) is 17.7 Å². The smallest absolute Gasteiger partial charge is 0.214 e. The summed E-state index contributed by atoms with van der Waals surface area (Å²) in [5.41, 5.74) is 0. The highest BCUT2D eigenvalue weighted by Gasteiger charge is 2.30. The van der Waals surface area contributed by atoms with Crippen LogP contribution in [0.5, 0.6) is 11.6 Å². The monoisotopic (exact) mass is 425 g/mol. The topological polar surface area (TPSA) is 31.4 Å². The predicted octanol–water partition coefficient (Wildman–Crippen LogP) is 5.23. The van der Waals surface area contributed by atoms with Crippen LogP contribution in [0.4, 0.5) is 0 Å². The van der Waals surface area contributed by atoms with Crippen LogP contribution in [0.2, 0.25) is 0 Å². The van der Waals surface area contributed by atoms with Gasteiger partial charge < -0.3 is 9.47 Å². The number of nitrogens with zero attached hydrogens (tertiary/aromatic N) is 1. The highest BCUT2D eigenvalue weighted by molar-refractivity contribution is 9.10. The second-order valence-electron chi connectivity index (χ2n) is 5.48. The van der Waals surface area contributed by atoms with Crippen molar-refractivity contribution in [3.05, 3.63) is 51.5 Å². The van der Waals surface area contributed by atoms with E-state index in [4.69, 9.17) is 9.47 Å². The van der Waals surface area contributed by atoms with Crippen LogP contribution in [0.25, 0.3) is 0 Å². The van der Waals surface area contributed by atoms with E-state index in [0.717, 1.165) is 34.0 Å². The molecule has 1 fully saturated rings. The zero-order valence-electron chi connectivity index (χ0n) is 12.0. The lowest BCUT2D eigenvalue weighted by molar-refractivity contribution is 0.0529. The minimum atomic E-state index is 0.343. The van der Waals surface area contributed by atoms with Crippen LogP contribution >= 0.6 is 31.9 Å². The first-order valence-corrected chi connectivity index (χ1v) is 8.94. The molecule has 5 heteroatoms. The molecule has 0 spiro atoms. The SMILES string of the molecule is Brc1ccc(OC2CC(CCOc3cc(Br)ccn3)C2)cc1. The number of aromatic nitrogens is 1. The normalized spacial score (nSPS) is 20.3. The van der Waals surface area contributed by atoms with Gasteiger partial charge in [-0.25, -0.2) is 4.98 Å². The van der Waals surface area contributed by atoms with E-state index in [2.05, 4.69) is 36.8 Å². The summed E-state index contributed by atoms with van der Waals surface area (Å²) >= 11 is 6.84. The largest absolute Gasteiger partial charge is 0.490 e. The summed E-state index contributed by atoms with van der Waals surface area (Å²) in [7, 11) is 0. The lowest BCUT2D eigenvalue weighted by Gasteiger charge is -2.35. The van der Waals surface area contributed by atoms with Gasteiger partial charge in [-0.1, -0.05) is 31.9 Å². The van der Waals surface area contributed by atoms with E-state index >= 15 is 0 Å². The molecule has 0 saturated heterocycles. The van der Waals surface area contributed by atoms with E-state index in [9.17, 15) is 0 Å². The van der Waals surface area contributed by atoms with Crippen molar-refractivity contribution in [2.75, 3.05) is 6.61 Å². The van der Waals surface area contributed by atoms with Gasteiger partial charge in [0.2, 0.25) is 5.88 Å². The third kappa shape index (κ3) is 4.46. The fourth-order valence-corrected chi connectivity index (χ4v) is 3.08. The Bertz CT molecular complexity index is 612. The average molecular weight is 427 g/mol. The predicted molar refractivity (Wildman–Crippen MR) is 93.3 cm³/mol. The van der Waals surface area contributed by atoms with Crippen molar-refractivity contribution in [3.63, 3.8) is 0 Å². The summed E-state index contributed by atoms with van der Waals surface area (Å²) in [5, 5.41) is 0. The van der Waals surface area contributed by atoms with Gasteiger partial charge in [0, 0.05) is 21.2 Å². The minimum Gasteiger partial charge on any atom is -0.490 e. The Morgan fingerprint density at radius 3 is 2.55 bits per heavy atom. The molecular formula is C17H17Br2NO2. The first kappa shape index (κ1) is 15.8. The Hall–Kier alpha value is -1.07. The Labute approximate surface area is 147 Å². The Morgan fingerprint density at radius 2 is 1.82 bits per heavy atom. The second-order valence-corrected chi connectivity index (χ2v) is 7.31. The summed E-state index contributed by atoms with van der Waals surface area (Å²) in [6.45, 7) is 0.707. The quantitative estimate of drug-likeness (QED) is 0.633. The van der Waals surface area contributed by atoms with Crippen molar-refractivity contribution < 1.29 is 9.47 Å². The van der Waals surface area contributed by atoms with Gasteiger partial charge in [0.25, 0.3) is 0 Å². The summed E-state index contributed by atoms with van der Waals surface area (Å²) in [5.74, 6) is 2.31. The number of halogens is 2. The molecule has 3 rings (SSSR count). The molecular weight excluding hydrogens is 410 g/mol. The molecule has 1 aromatic heterocycles. The average Bonchev–Trinajstić information content (AvgIpc) is 2.46. The molecule has 0 bridgehead atoms. The summed E-state index contributed by atoms with van der Waals surface area (Å²) in [6.07, 6.45) is 5.34. The standard InChI is InChI=1S/C17H17Br2NO2/c18-13-1-3-15(4-2-13)22-16-9-12(10-16)6-8-21-17-11-14(19)5-7-20-17/h1-5,7,11-12,16H,6,8-10H2. The van der Waals surface area contributed by atoms with E-state index in [-0.39, 0.29) is 0 Å². The molecule has 116 valence electrons. The highest BCUT2D eigenvalue weighted by atomic mass is 79.9. The Morgan fingerprint density at radius 1 is 1.05 bits per heavy atom. The van der Waals surface area contributed by atoms with Crippen molar-refractivity contribution in [1.82, 2.24) is 4.98 Å². The molecule has 1 aliphatic carbocycles. The molecule has 0 N–H and O–H groups in total. The zero-order valence-corrected chi connectivity index (χ0v) is 15.2. The fourth-order valence-electron chi connectivity index (χ4n) is 2.51. The first-order chi connectivity index (χ1) is 10.7. The maximum atomic E-state index is 5.94. The molecule has 0 atom stereocenters. The van der Waals surface area contributed by atoms with Gasteiger partial charge in [0.05, 0.1) is 12.7 Å². The highest BCUT2D eigenvalue weighted by Crippen LogP contribution is 2.34. The number of rotatable bonds is 6. The maximum absolute atomic E-state index is 5.94. The van der Waals surface area contributed by atoms with Crippen LogP contribution < -0.4 is 9.47 Å². The molecule has 0 amide bonds. The molecule has 0 aliphatic heterocycles. The van der Waals surface area contributed by atoms with Crippen molar-refractivity contribution in [1.29, 1.82) is 0 Å². The molecule has 1 saturated carbocycles. The van der Waals surface area contributed by atoms with Crippen LogP contribution in [0.15, 0.2) is 51.5 Å². The van der Waals surface area contributed by atoms with Gasteiger partial charge in [-0.15, -0.1) is 0 Å². The number of hydrogen-bond acceptors (Lipinski definition) is 3. The minimum absolute atomic E-state index is 0.343. The molecule has 1 aliphatic rings. The number of benzene rings is 1. The van der Waals surface area contributed by atoms with Crippen molar-refractivity contribution >= 4 is 31.9 Å². The fraction of sp³-hybridized carbons (Fsp3) is 0.353. The molecule has 1 aromatic carbocycles. The number of pyridine rings is 1. The van der Waals surface area contributed by atoms with E-state index in [1.165, 1.54) is 0 Å². The van der Waals surface area contributed by atoms with E-state index < -0.39 is 0 Å². The Kier molecular flexibility index (Phi) is 5.37. The first-order valence-electron chi connectivity index (χ1n) is 7.35. The Balaban J connectivity index is 1.34. The molecule has 0 unspecified atom stereocenters. The summed E-state index contributed by atoms with van der Waals surface area (Å²) < 4.78 is 13.7. The van der Waals surface area contributed by atoms with E-state index in [1.807, 2.05) is 36.4 Å². The van der Waals surface area contributed by atoms with Gasteiger partial charge >= 0.3 is 0 Å². The van der Waals surface area contributed by atoms with Gasteiger partial charge in [-0.3, -0.25) is 0 Å². The van der Waals surface area contributed by atoms with Gasteiger partial charge in [0.15, 0.2) is 0 Å². The van der Waals surface area contributed by atoms with Gasteiger partial charge in [-0.05, 0) is 55.5 Å². The maximum Gasteiger partial charge on any atom is 0.214 e. The van der Waals surface area contributed by atoms with Crippen molar-refractivity contribution in [2.24, 2.45) is 5.92 Å². The molecule has 3 nitrogen and oxygen atoms in total. The van der Waals surface area contributed by atoms with Crippen LogP contribution in [0.1, 0.15) is 19.3 Å². The van der Waals surface area contributed by atoms with Crippen molar-refractivity contribution in [2.45, 2.75) is 25.4 Å². The molecule has 22 heavy (non-hydrogen) atoms. The third-order valence-electron chi connectivity index (χ3n) is 3.78. The molecule has 1 heterocycles. The molecule has 0 radical (unpaired) electrons. The summed E-state index contributed by atoms with van der Waals surface area (Å²) in [6, 6.07) is 11.8. The van der Waals surface area contributed by atoms with Crippen LogP contribution in [0.3, 0.4) is 0 Å². The van der Waals surface area contributed by atoms with Crippen LogP contribution in [0, 0.1) is 5.92 Å². The lowest BCUT2D eigenvalue weighted by atomic mass is 9.80. The lowest BCUT2D eigenvalue weighted by Crippen LogP contribution is -2.34. The van der Waals surface area contributed by atoms with Gasteiger partial charge in [-0.2, -0.15) is 0 Å². The molecule has 2 aromatic rings. The third-order valence-corrected chi connectivity index (χ3v) is 4.80. The van der Waals surface area contributed by atoms with E-state index in [0.29, 0.717) is 24.5 Å².